The lowest BCUT2D eigenvalue weighted by atomic mass is 9.82. The second-order valence-electron chi connectivity index (χ2n) is 6.60. The van der Waals surface area contributed by atoms with E-state index >= 15 is 0 Å². The van der Waals surface area contributed by atoms with Crippen LogP contribution in [0.3, 0.4) is 0 Å². The second kappa shape index (κ2) is 6.06. The quantitative estimate of drug-likeness (QED) is 0.877. The van der Waals surface area contributed by atoms with Crippen molar-refractivity contribution in [1.29, 1.82) is 0 Å². The van der Waals surface area contributed by atoms with E-state index in [2.05, 4.69) is 25.7 Å². The van der Waals surface area contributed by atoms with Crippen molar-refractivity contribution < 1.29 is 5.11 Å². The van der Waals surface area contributed by atoms with E-state index in [-0.39, 0.29) is 5.41 Å². The van der Waals surface area contributed by atoms with Crippen LogP contribution in [0.5, 0.6) is 0 Å². The SMILES string of the molecule is CCC1CCN(CC(C)(C)C(O)c2ccccc2)C1. The van der Waals surface area contributed by atoms with Crippen LogP contribution in [0.4, 0.5) is 0 Å². The Morgan fingerprint density at radius 1 is 1.32 bits per heavy atom. The normalized spacial score (nSPS) is 22.6. The van der Waals surface area contributed by atoms with Crippen molar-refractivity contribution in [3.63, 3.8) is 0 Å². The molecule has 106 valence electrons. The van der Waals surface area contributed by atoms with E-state index in [0.717, 1.165) is 18.0 Å². The summed E-state index contributed by atoms with van der Waals surface area (Å²) in [6, 6.07) is 10.0. The molecule has 0 radical (unpaired) electrons. The lowest BCUT2D eigenvalue weighted by molar-refractivity contribution is 0.0246. The fourth-order valence-corrected chi connectivity index (χ4v) is 3.14. The van der Waals surface area contributed by atoms with Gasteiger partial charge in [-0.1, -0.05) is 57.5 Å². The number of hydrogen-bond acceptors (Lipinski definition) is 2. The molecule has 1 aliphatic heterocycles. The van der Waals surface area contributed by atoms with E-state index < -0.39 is 6.10 Å². The number of nitrogens with zero attached hydrogens (tertiary/aromatic N) is 1. The lowest BCUT2D eigenvalue weighted by Crippen LogP contribution is -2.37. The maximum Gasteiger partial charge on any atom is 0.0853 e. The van der Waals surface area contributed by atoms with Crippen LogP contribution in [0, 0.1) is 11.3 Å². The number of likely N-dealkylation sites (tertiary alicyclic amines) is 1. The third kappa shape index (κ3) is 3.58. The number of rotatable bonds is 5. The first kappa shape index (κ1) is 14.5. The predicted octanol–water partition coefficient (Wildman–Crippen LogP) is 3.48. The van der Waals surface area contributed by atoms with E-state index in [9.17, 15) is 5.11 Å². The van der Waals surface area contributed by atoms with Crippen molar-refractivity contribution in [3.8, 4) is 0 Å². The molecule has 0 aliphatic carbocycles. The van der Waals surface area contributed by atoms with E-state index in [1.165, 1.54) is 25.9 Å². The zero-order valence-electron chi connectivity index (χ0n) is 12.5. The number of hydrogen-bond donors (Lipinski definition) is 1. The van der Waals surface area contributed by atoms with Crippen LogP contribution < -0.4 is 0 Å². The zero-order chi connectivity index (χ0) is 13.9. The first-order chi connectivity index (χ1) is 9.03. The molecule has 2 unspecified atom stereocenters. The summed E-state index contributed by atoms with van der Waals surface area (Å²) in [5, 5.41) is 10.6. The molecule has 1 aliphatic rings. The highest BCUT2D eigenvalue weighted by Crippen LogP contribution is 2.35. The minimum absolute atomic E-state index is 0.107. The predicted molar refractivity (Wildman–Crippen MR) is 80.0 cm³/mol. The Hall–Kier alpha value is -0.860. The molecule has 0 saturated carbocycles. The van der Waals surface area contributed by atoms with Gasteiger partial charge in [0.1, 0.15) is 0 Å². The lowest BCUT2D eigenvalue weighted by Gasteiger charge is -2.35. The van der Waals surface area contributed by atoms with Crippen LogP contribution >= 0.6 is 0 Å². The van der Waals surface area contributed by atoms with Crippen LogP contribution in [-0.4, -0.2) is 29.6 Å². The average Bonchev–Trinajstić information content (AvgIpc) is 2.85. The third-order valence-electron chi connectivity index (χ3n) is 4.43. The fraction of sp³-hybridized carbons (Fsp3) is 0.647. The highest BCUT2D eigenvalue weighted by molar-refractivity contribution is 5.19. The number of aliphatic hydroxyl groups is 1. The second-order valence-corrected chi connectivity index (χ2v) is 6.60. The van der Waals surface area contributed by atoms with Crippen molar-refractivity contribution in [2.24, 2.45) is 11.3 Å². The van der Waals surface area contributed by atoms with Crippen molar-refractivity contribution in [2.75, 3.05) is 19.6 Å². The number of aliphatic hydroxyl groups excluding tert-OH is 1. The van der Waals surface area contributed by atoms with Gasteiger partial charge in [-0.15, -0.1) is 0 Å². The minimum atomic E-state index is -0.394. The monoisotopic (exact) mass is 261 g/mol. The fourth-order valence-electron chi connectivity index (χ4n) is 3.14. The third-order valence-corrected chi connectivity index (χ3v) is 4.43. The highest BCUT2D eigenvalue weighted by atomic mass is 16.3. The van der Waals surface area contributed by atoms with Crippen LogP contribution in [0.2, 0.25) is 0 Å². The van der Waals surface area contributed by atoms with Gasteiger partial charge in [0.05, 0.1) is 6.10 Å². The smallest absolute Gasteiger partial charge is 0.0853 e. The summed E-state index contributed by atoms with van der Waals surface area (Å²) in [7, 11) is 0. The summed E-state index contributed by atoms with van der Waals surface area (Å²) in [4.78, 5) is 2.51. The number of benzene rings is 1. The first-order valence-corrected chi connectivity index (χ1v) is 7.48. The highest BCUT2D eigenvalue weighted by Gasteiger charge is 2.33. The molecule has 2 nitrogen and oxygen atoms in total. The maximum absolute atomic E-state index is 10.6. The van der Waals surface area contributed by atoms with Crippen molar-refractivity contribution in [1.82, 2.24) is 4.90 Å². The van der Waals surface area contributed by atoms with Gasteiger partial charge < -0.3 is 10.0 Å². The van der Waals surface area contributed by atoms with E-state index in [1.807, 2.05) is 30.3 Å². The van der Waals surface area contributed by atoms with Gasteiger partial charge >= 0.3 is 0 Å². The molecule has 19 heavy (non-hydrogen) atoms. The van der Waals surface area contributed by atoms with Gasteiger partial charge in [-0.2, -0.15) is 0 Å². The van der Waals surface area contributed by atoms with Crippen LogP contribution in [-0.2, 0) is 0 Å². The van der Waals surface area contributed by atoms with Gasteiger partial charge in [0.2, 0.25) is 0 Å². The van der Waals surface area contributed by atoms with Crippen LogP contribution in [0.15, 0.2) is 30.3 Å². The zero-order valence-corrected chi connectivity index (χ0v) is 12.5. The Kier molecular flexibility index (Phi) is 4.64. The molecule has 0 amide bonds. The first-order valence-electron chi connectivity index (χ1n) is 7.48. The Morgan fingerprint density at radius 3 is 2.58 bits per heavy atom. The molecule has 0 bridgehead atoms. The molecule has 2 rings (SSSR count). The summed E-state index contributed by atoms with van der Waals surface area (Å²) in [5.41, 5.74) is 0.919. The summed E-state index contributed by atoms with van der Waals surface area (Å²) in [6.07, 6.45) is 2.20. The van der Waals surface area contributed by atoms with E-state index in [4.69, 9.17) is 0 Å². The van der Waals surface area contributed by atoms with Crippen molar-refractivity contribution in [3.05, 3.63) is 35.9 Å². The van der Waals surface area contributed by atoms with Gasteiger partial charge in [-0.25, -0.2) is 0 Å². The molecular weight excluding hydrogens is 234 g/mol. The molecule has 1 aromatic carbocycles. The van der Waals surface area contributed by atoms with Gasteiger partial charge in [-0.3, -0.25) is 0 Å². The summed E-state index contributed by atoms with van der Waals surface area (Å²) in [5.74, 6) is 0.852. The minimum Gasteiger partial charge on any atom is -0.388 e. The topological polar surface area (TPSA) is 23.5 Å². The molecule has 2 atom stereocenters. The molecule has 1 aromatic rings. The van der Waals surface area contributed by atoms with Gasteiger partial charge in [-0.05, 0) is 24.4 Å². The largest absolute Gasteiger partial charge is 0.388 e. The van der Waals surface area contributed by atoms with Crippen molar-refractivity contribution >= 4 is 0 Å². The maximum atomic E-state index is 10.6. The molecule has 2 heteroatoms. The molecule has 0 aromatic heterocycles. The summed E-state index contributed by atoms with van der Waals surface area (Å²) >= 11 is 0. The van der Waals surface area contributed by atoms with E-state index in [1.54, 1.807) is 0 Å². The molecule has 0 spiro atoms. The van der Waals surface area contributed by atoms with E-state index in [0.29, 0.717) is 0 Å². The Morgan fingerprint density at radius 2 is 2.00 bits per heavy atom. The summed E-state index contributed by atoms with van der Waals surface area (Å²) in [6.45, 7) is 9.97. The van der Waals surface area contributed by atoms with Gasteiger partial charge in [0.15, 0.2) is 0 Å². The molecule has 1 N–H and O–H groups in total. The molecular formula is C17H27NO. The standard InChI is InChI=1S/C17H27NO/c1-4-14-10-11-18(12-14)13-17(2,3)16(19)15-8-6-5-7-9-15/h5-9,14,16,19H,4,10-13H2,1-3H3. The van der Waals surface area contributed by atoms with Gasteiger partial charge in [0, 0.05) is 18.5 Å². The van der Waals surface area contributed by atoms with Gasteiger partial charge in [0.25, 0.3) is 0 Å². The Bertz CT molecular complexity index is 388. The Labute approximate surface area is 117 Å². The van der Waals surface area contributed by atoms with Crippen LogP contribution in [0.25, 0.3) is 0 Å². The molecule has 1 fully saturated rings. The average molecular weight is 261 g/mol. The molecule has 1 heterocycles. The Balaban J connectivity index is 1.98. The van der Waals surface area contributed by atoms with Crippen LogP contribution in [0.1, 0.15) is 45.3 Å². The summed E-state index contributed by atoms with van der Waals surface area (Å²) < 4.78 is 0. The van der Waals surface area contributed by atoms with Crippen molar-refractivity contribution in [2.45, 2.75) is 39.7 Å². The molecule has 1 saturated heterocycles.